The van der Waals surface area contributed by atoms with Gasteiger partial charge in [0.05, 0.1) is 11.8 Å². The van der Waals surface area contributed by atoms with Crippen LogP contribution in [0.2, 0.25) is 0 Å². The van der Waals surface area contributed by atoms with E-state index in [1.54, 1.807) is 36.1 Å². The van der Waals surface area contributed by atoms with Crippen LogP contribution in [-0.2, 0) is 27.1 Å². The number of carbonyl (C=O) groups excluding carboxylic acids is 1. The average Bonchev–Trinajstić information content (AvgIpc) is 2.95. The third kappa shape index (κ3) is 6.39. The second-order valence-electron chi connectivity index (χ2n) is 7.97. The highest BCUT2D eigenvalue weighted by atomic mass is 32.2. The number of aryl methyl sites for hydroxylation is 1. The van der Waals surface area contributed by atoms with Gasteiger partial charge < -0.3 is 4.90 Å². The molecule has 0 bridgehead atoms. The summed E-state index contributed by atoms with van der Waals surface area (Å²) in [6.45, 7) is 7.57. The molecule has 2 aromatic rings. The molecule has 2 aromatic carbocycles. The molecule has 6 nitrogen and oxygen atoms in total. The van der Waals surface area contributed by atoms with Crippen LogP contribution in [-0.4, -0.2) is 56.3 Å². The lowest BCUT2D eigenvalue weighted by Crippen LogP contribution is -2.48. The summed E-state index contributed by atoms with van der Waals surface area (Å²) >= 11 is 0. The number of carbonyl (C=O) groups is 1. The lowest BCUT2D eigenvalue weighted by atomic mass is 10.1. The number of sulfonamides is 1. The zero-order valence-electron chi connectivity index (χ0n) is 17.8. The molecule has 1 aliphatic rings. The van der Waals surface area contributed by atoms with Crippen LogP contribution in [0.5, 0.6) is 0 Å². The van der Waals surface area contributed by atoms with Gasteiger partial charge >= 0.3 is 0 Å². The molecule has 1 saturated heterocycles. The fourth-order valence-corrected chi connectivity index (χ4v) is 5.16. The van der Waals surface area contributed by atoms with Crippen LogP contribution in [0.1, 0.15) is 30.0 Å². The first kappa shape index (κ1) is 22.5. The number of nitrogens with zero attached hydrogens (tertiary/aromatic N) is 2. The van der Waals surface area contributed by atoms with E-state index in [0.717, 1.165) is 26.1 Å². The average molecular weight is 430 g/mol. The highest BCUT2D eigenvalue weighted by Gasteiger charge is 2.26. The fraction of sp³-hybridized carbons (Fsp3) is 0.435. The van der Waals surface area contributed by atoms with Crippen molar-refractivity contribution < 1.29 is 13.2 Å². The molecule has 1 heterocycles. The van der Waals surface area contributed by atoms with Crippen molar-refractivity contribution in [3.63, 3.8) is 0 Å². The number of hydrogen-bond acceptors (Lipinski definition) is 4. The Morgan fingerprint density at radius 1 is 1.00 bits per heavy atom. The summed E-state index contributed by atoms with van der Waals surface area (Å²) in [5.41, 5.74) is 3.28. The first-order chi connectivity index (χ1) is 14.3. The predicted molar refractivity (Wildman–Crippen MR) is 119 cm³/mol. The standard InChI is InChI=1S/C23H31N3O3S/c1-19-9-6-7-12-22(19)17-25-13-8-14-26(16-15-25)23(27)20(2)24-30(28,29)18-21-10-4-3-5-11-21/h3-7,9-12,20,24H,8,13-18H2,1-2H3/t20-/m0/s1. The number of rotatable bonds is 7. The van der Waals surface area contributed by atoms with E-state index in [9.17, 15) is 13.2 Å². The molecule has 7 heteroatoms. The van der Waals surface area contributed by atoms with Gasteiger partial charge in [0.1, 0.15) is 0 Å². The summed E-state index contributed by atoms with van der Waals surface area (Å²) in [5, 5.41) is 0. The molecule has 0 unspecified atom stereocenters. The van der Waals surface area contributed by atoms with E-state index in [0.29, 0.717) is 18.7 Å². The molecule has 0 spiro atoms. The van der Waals surface area contributed by atoms with Gasteiger partial charge in [-0.3, -0.25) is 9.69 Å². The Kier molecular flexibility index (Phi) is 7.64. The highest BCUT2D eigenvalue weighted by molar-refractivity contribution is 7.88. The third-order valence-electron chi connectivity index (χ3n) is 5.48. The molecular weight excluding hydrogens is 398 g/mol. The molecule has 0 saturated carbocycles. The molecule has 1 amide bonds. The summed E-state index contributed by atoms with van der Waals surface area (Å²) in [5.74, 6) is -0.292. The normalized spacial score (nSPS) is 16.8. The number of nitrogens with one attached hydrogen (secondary N) is 1. The number of hydrogen-bond donors (Lipinski definition) is 1. The van der Waals surface area contributed by atoms with Crippen LogP contribution in [0.25, 0.3) is 0 Å². The quantitative estimate of drug-likeness (QED) is 0.734. The van der Waals surface area contributed by atoms with Gasteiger partial charge in [-0.1, -0.05) is 54.6 Å². The van der Waals surface area contributed by atoms with Gasteiger partial charge in [-0.25, -0.2) is 13.1 Å². The van der Waals surface area contributed by atoms with Crippen molar-refractivity contribution in [2.24, 2.45) is 0 Å². The molecule has 162 valence electrons. The summed E-state index contributed by atoms with van der Waals surface area (Å²) in [4.78, 5) is 17.0. The molecular formula is C23H31N3O3S. The Labute approximate surface area is 179 Å². The minimum atomic E-state index is -3.59. The van der Waals surface area contributed by atoms with E-state index in [1.807, 2.05) is 12.1 Å². The van der Waals surface area contributed by atoms with Crippen molar-refractivity contribution in [2.75, 3.05) is 26.2 Å². The zero-order chi connectivity index (χ0) is 21.6. The Morgan fingerprint density at radius 3 is 2.43 bits per heavy atom. The molecule has 1 N–H and O–H groups in total. The van der Waals surface area contributed by atoms with Gasteiger partial charge in [0.15, 0.2) is 0 Å². The molecule has 0 radical (unpaired) electrons. The maximum atomic E-state index is 12.9. The smallest absolute Gasteiger partial charge is 0.240 e. The summed E-state index contributed by atoms with van der Waals surface area (Å²) < 4.78 is 27.5. The number of amides is 1. The molecule has 3 rings (SSSR count). The molecule has 1 atom stereocenters. The Morgan fingerprint density at radius 2 is 1.70 bits per heavy atom. The SMILES string of the molecule is Cc1ccccc1CN1CCCN(C(=O)[C@H](C)NS(=O)(=O)Cc2ccccc2)CC1. The van der Waals surface area contributed by atoms with Crippen molar-refractivity contribution in [1.29, 1.82) is 0 Å². The third-order valence-corrected chi connectivity index (χ3v) is 6.91. The van der Waals surface area contributed by atoms with E-state index in [4.69, 9.17) is 0 Å². The van der Waals surface area contributed by atoms with Crippen molar-refractivity contribution >= 4 is 15.9 Å². The maximum absolute atomic E-state index is 12.9. The molecule has 1 fully saturated rings. The fourth-order valence-electron chi connectivity index (χ4n) is 3.81. The van der Waals surface area contributed by atoms with Gasteiger partial charge in [-0.15, -0.1) is 0 Å². The first-order valence-corrected chi connectivity index (χ1v) is 12.1. The second-order valence-corrected chi connectivity index (χ2v) is 9.72. The molecule has 0 aliphatic carbocycles. The maximum Gasteiger partial charge on any atom is 0.240 e. The van der Waals surface area contributed by atoms with E-state index < -0.39 is 16.1 Å². The monoisotopic (exact) mass is 429 g/mol. The topological polar surface area (TPSA) is 69.7 Å². The highest BCUT2D eigenvalue weighted by Crippen LogP contribution is 2.13. The zero-order valence-corrected chi connectivity index (χ0v) is 18.6. The van der Waals surface area contributed by atoms with Gasteiger partial charge in [-0.05, 0) is 37.0 Å². The van der Waals surface area contributed by atoms with Crippen molar-refractivity contribution in [2.45, 2.75) is 38.6 Å². The summed E-state index contributed by atoms with van der Waals surface area (Å²) in [6.07, 6.45) is 0.876. The van der Waals surface area contributed by atoms with Crippen molar-refractivity contribution in [1.82, 2.24) is 14.5 Å². The lowest BCUT2D eigenvalue weighted by Gasteiger charge is -2.25. The first-order valence-electron chi connectivity index (χ1n) is 10.4. The van der Waals surface area contributed by atoms with Gasteiger partial charge in [-0.2, -0.15) is 0 Å². The van der Waals surface area contributed by atoms with Gasteiger partial charge in [0, 0.05) is 32.7 Å². The van der Waals surface area contributed by atoms with Gasteiger partial charge in [0.2, 0.25) is 15.9 Å². The van der Waals surface area contributed by atoms with E-state index >= 15 is 0 Å². The molecule has 0 aromatic heterocycles. The Hall–Kier alpha value is -2.22. The summed E-state index contributed by atoms with van der Waals surface area (Å²) in [6, 6.07) is 16.6. The summed E-state index contributed by atoms with van der Waals surface area (Å²) in [7, 11) is -3.59. The molecule has 30 heavy (non-hydrogen) atoms. The number of benzene rings is 2. The lowest BCUT2D eigenvalue weighted by molar-refractivity contribution is -0.132. The van der Waals surface area contributed by atoms with E-state index in [2.05, 4.69) is 34.7 Å². The van der Waals surface area contributed by atoms with Crippen LogP contribution in [0, 0.1) is 6.92 Å². The minimum absolute atomic E-state index is 0.129. The Balaban J connectivity index is 1.54. The van der Waals surface area contributed by atoms with Crippen LogP contribution in [0.15, 0.2) is 54.6 Å². The van der Waals surface area contributed by atoms with Crippen LogP contribution >= 0.6 is 0 Å². The van der Waals surface area contributed by atoms with Gasteiger partial charge in [0.25, 0.3) is 0 Å². The molecule has 1 aliphatic heterocycles. The van der Waals surface area contributed by atoms with Crippen molar-refractivity contribution in [3.8, 4) is 0 Å². The van der Waals surface area contributed by atoms with Crippen LogP contribution in [0.4, 0.5) is 0 Å². The van der Waals surface area contributed by atoms with E-state index in [-0.39, 0.29) is 11.7 Å². The largest absolute Gasteiger partial charge is 0.340 e. The van der Waals surface area contributed by atoms with Crippen molar-refractivity contribution in [3.05, 3.63) is 71.3 Å². The second kappa shape index (κ2) is 10.2. The Bertz CT molecular complexity index is 947. The minimum Gasteiger partial charge on any atom is -0.340 e. The van der Waals surface area contributed by atoms with Crippen LogP contribution < -0.4 is 4.72 Å². The van der Waals surface area contributed by atoms with E-state index in [1.165, 1.54) is 11.1 Å². The predicted octanol–water partition coefficient (Wildman–Crippen LogP) is 2.54. The van der Waals surface area contributed by atoms with Crippen LogP contribution in [0.3, 0.4) is 0 Å².